The first-order chi connectivity index (χ1) is 27.8. The van der Waals surface area contributed by atoms with E-state index in [2.05, 4.69) is 205 Å². The Morgan fingerprint density at radius 2 is 0.768 bits per heavy atom. The maximum atomic E-state index is 6.62. The summed E-state index contributed by atoms with van der Waals surface area (Å²) in [6.07, 6.45) is 0. The first-order valence-corrected chi connectivity index (χ1v) is 19.2. The number of anilines is 3. The zero-order valence-corrected chi connectivity index (χ0v) is 30.6. The summed E-state index contributed by atoms with van der Waals surface area (Å²) in [5.41, 5.74) is 11.9. The van der Waals surface area contributed by atoms with Crippen molar-refractivity contribution in [3.63, 3.8) is 0 Å². The van der Waals surface area contributed by atoms with E-state index in [4.69, 9.17) is 4.42 Å². The Morgan fingerprint density at radius 3 is 1.46 bits per heavy atom. The largest absolute Gasteiger partial charge is 0.454 e. The number of hydrogen-bond donors (Lipinski definition) is 0. The van der Waals surface area contributed by atoms with Crippen molar-refractivity contribution in [3.8, 4) is 33.4 Å². The second-order valence-corrected chi connectivity index (χ2v) is 14.4. The van der Waals surface area contributed by atoms with Gasteiger partial charge in [-0.2, -0.15) is 0 Å². The van der Waals surface area contributed by atoms with Crippen LogP contribution in [0.1, 0.15) is 0 Å². The van der Waals surface area contributed by atoms with Crippen LogP contribution >= 0.6 is 0 Å². The molecule has 1 heterocycles. The van der Waals surface area contributed by atoms with Gasteiger partial charge in [-0.1, -0.05) is 176 Å². The number of para-hydroxylation sites is 3. The molecular formula is C54H35NO. The third kappa shape index (κ3) is 5.26. The molecule has 0 spiro atoms. The topological polar surface area (TPSA) is 16.4 Å². The Bertz CT molecular complexity index is 3200. The van der Waals surface area contributed by atoms with Crippen molar-refractivity contribution in [1.29, 1.82) is 0 Å². The summed E-state index contributed by atoms with van der Waals surface area (Å²) in [6.45, 7) is 0. The summed E-state index contributed by atoms with van der Waals surface area (Å²) in [4.78, 5) is 2.34. The molecule has 2 heteroatoms. The van der Waals surface area contributed by atoms with E-state index in [1.54, 1.807) is 0 Å². The average molecular weight is 714 g/mol. The summed E-state index contributed by atoms with van der Waals surface area (Å²) >= 11 is 0. The van der Waals surface area contributed by atoms with Crippen molar-refractivity contribution >= 4 is 71.3 Å². The summed E-state index contributed by atoms with van der Waals surface area (Å²) in [7, 11) is 0. The first kappa shape index (κ1) is 32.0. The molecule has 1 aromatic heterocycles. The minimum absolute atomic E-state index is 0.867. The summed E-state index contributed by atoms with van der Waals surface area (Å²) in [6, 6.07) is 76.3. The van der Waals surface area contributed by atoms with E-state index in [-0.39, 0.29) is 0 Å². The first-order valence-electron chi connectivity index (χ1n) is 19.2. The van der Waals surface area contributed by atoms with Crippen LogP contribution in [-0.2, 0) is 0 Å². The van der Waals surface area contributed by atoms with Gasteiger partial charge in [0.1, 0.15) is 5.58 Å². The van der Waals surface area contributed by atoms with Crippen molar-refractivity contribution in [2.24, 2.45) is 0 Å². The van der Waals surface area contributed by atoms with Crippen LogP contribution < -0.4 is 4.90 Å². The monoisotopic (exact) mass is 713 g/mol. The molecule has 0 saturated carbocycles. The van der Waals surface area contributed by atoms with Gasteiger partial charge < -0.3 is 9.32 Å². The van der Waals surface area contributed by atoms with E-state index in [9.17, 15) is 0 Å². The van der Waals surface area contributed by atoms with Crippen LogP contribution in [0.4, 0.5) is 17.1 Å². The van der Waals surface area contributed by atoms with Gasteiger partial charge in [0.2, 0.25) is 0 Å². The van der Waals surface area contributed by atoms with Crippen LogP contribution in [0, 0.1) is 0 Å². The molecule has 0 atom stereocenters. The SMILES string of the molecule is c1ccc(-c2ccccc2N(c2ccc(-c3ccc(-c4ccc5c6ccccc6c6ccccc6c5c4)cc3)cc2)c2cccc3c2oc2ccccc23)cc1. The number of fused-ring (bicyclic) bond motifs is 9. The fourth-order valence-electron chi connectivity index (χ4n) is 8.59. The molecule has 0 saturated heterocycles. The average Bonchev–Trinajstić information content (AvgIpc) is 3.67. The minimum Gasteiger partial charge on any atom is -0.454 e. The summed E-state index contributed by atoms with van der Waals surface area (Å²) in [5, 5.41) is 9.97. The van der Waals surface area contributed by atoms with Crippen LogP contribution in [0.5, 0.6) is 0 Å². The second kappa shape index (κ2) is 13.2. The fourth-order valence-corrected chi connectivity index (χ4v) is 8.59. The highest BCUT2D eigenvalue weighted by Gasteiger charge is 2.22. The minimum atomic E-state index is 0.867. The quantitative estimate of drug-likeness (QED) is 0.160. The zero-order valence-electron chi connectivity index (χ0n) is 30.6. The molecule has 0 aliphatic rings. The van der Waals surface area contributed by atoms with Crippen molar-refractivity contribution < 1.29 is 4.42 Å². The number of rotatable bonds is 6. The smallest absolute Gasteiger partial charge is 0.159 e. The molecule has 11 aromatic rings. The van der Waals surface area contributed by atoms with Crippen LogP contribution in [0.2, 0.25) is 0 Å². The number of hydrogen-bond acceptors (Lipinski definition) is 2. The molecule has 0 unspecified atom stereocenters. The highest BCUT2D eigenvalue weighted by atomic mass is 16.3. The molecule has 56 heavy (non-hydrogen) atoms. The number of benzene rings is 10. The molecule has 0 N–H and O–H groups in total. The fraction of sp³-hybridized carbons (Fsp3) is 0. The normalized spacial score (nSPS) is 11.6. The Balaban J connectivity index is 0.988. The van der Waals surface area contributed by atoms with Crippen molar-refractivity contribution in [1.82, 2.24) is 0 Å². The molecule has 0 amide bonds. The van der Waals surface area contributed by atoms with Crippen molar-refractivity contribution in [2.75, 3.05) is 4.90 Å². The molecule has 0 bridgehead atoms. The predicted molar refractivity (Wildman–Crippen MR) is 237 cm³/mol. The molecule has 2 nitrogen and oxygen atoms in total. The third-order valence-electron chi connectivity index (χ3n) is 11.3. The summed E-state index contributed by atoms with van der Waals surface area (Å²) < 4.78 is 6.62. The van der Waals surface area contributed by atoms with Crippen molar-refractivity contribution in [2.45, 2.75) is 0 Å². The van der Waals surface area contributed by atoms with E-state index >= 15 is 0 Å². The van der Waals surface area contributed by atoms with Crippen LogP contribution in [0.3, 0.4) is 0 Å². The second-order valence-electron chi connectivity index (χ2n) is 14.4. The van der Waals surface area contributed by atoms with Gasteiger partial charge >= 0.3 is 0 Å². The molecule has 0 aliphatic heterocycles. The molecule has 0 fully saturated rings. The standard InChI is InChI=1S/C54H35NO/c1-2-13-39(14-3-1)42-15-8-10-22-51(42)55(52-23-12-21-49-48-20-9-11-24-53(48)56-54(49)52)41-32-29-37(30-33-41)36-25-27-38(28-26-36)40-31-34-47-45-18-5-4-16-43(45)44-17-6-7-19-46(44)50(47)35-40/h1-35H. The Hall–Kier alpha value is -7.42. The van der Waals surface area contributed by atoms with Gasteiger partial charge in [-0.05, 0) is 96.5 Å². The molecular weight excluding hydrogens is 679 g/mol. The molecule has 0 radical (unpaired) electrons. The Labute approximate surface area is 325 Å². The van der Waals surface area contributed by atoms with Crippen LogP contribution in [0.25, 0.3) is 87.6 Å². The predicted octanol–water partition coefficient (Wildman–Crippen LogP) is 15.5. The Kier molecular flexibility index (Phi) is 7.53. The lowest BCUT2D eigenvalue weighted by molar-refractivity contribution is 0.669. The third-order valence-corrected chi connectivity index (χ3v) is 11.3. The van der Waals surface area contributed by atoms with E-state index in [0.29, 0.717) is 0 Å². The van der Waals surface area contributed by atoms with E-state index < -0.39 is 0 Å². The molecule has 10 aromatic carbocycles. The van der Waals surface area contributed by atoms with Gasteiger partial charge in [0, 0.05) is 22.0 Å². The molecule has 262 valence electrons. The zero-order chi connectivity index (χ0) is 37.0. The van der Waals surface area contributed by atoms with Gasteiger partial charge in [-0.15, -0.1) is 0 Å². The maximum absolute atomic E-state index is 6.62. The lowest BCUT2D eigenvalue weighted by Gasteiger charge is -2.28. The van der Waals surface area contributed by atoms with E-state index in [1.165, 1.54) is 49.0 Å². The number of nitrogens with zero attached hydrogens (tertiary/aromatic N) is 1. The van der Waals surface area contributed by atoms with Gasteiger partial charge in [-0.3, -0.25) is 0 Å². The molecule has 0 aliphatic carbocycles. The van der Waals surface area contributed by atoms with Gasteiger partial charge in [0.25, 0.3) is 0 Å². The highest BCUT2D eigenvalue weighted by molar-refractivity contribution is 6.25. The van der Waals surface area contributed by atoms with Gasteiger partial charge in [-0.25, -0.2) is 0 Å². The lowest BCUT2D eigenvalue weighted by Crippen LogP contribution is -2.11. The van der Waals surface area contributed by atoms with Gasteiger partial charge in [0.15, 0.2) is 5.58 Å². The maximum Gasteiger partial charge on any atom is 0.159 e. The number of furan rings is 1. The highest BCUT2D eigenvalue weighted by Crippen LogP contribution is 2.45. The van der Waals surface area contributed by atoms with Crippen molar-refractivity contribution in [3.05, 3.63) is 212 Å². The molecule has 11 rings (SSSR count). The van der Waals surface area contributed by atoms with E-state index in [0.717, 1.165) is 55.7 Å². The van der Waals surface area contributed by atoms with Crippen LogP contribution in [-0.4, -0.2) is 0 Å². The van der Waals surface area contributed by atoms with Crippen LogP contribution in [0.15, 0.2) is 217 Å². The lowest BCUT2D eigenvalue weighted by atomic mass is 9.92. The van der Waals surface area contributed by atoms with Gasteiger partial charge in [0.05, 0.1) is 11.4 Å². The summed E-state index contributed by atoms with van der Waals surface area (Å²) in [5.74, 6) is 0. The Morgan fingerprint density at radius 1 is 0.286 bits per heavy atom. The van der Waals surface area contributed by atoms with E-state index in [1.807, 2.05) is 12.1 Å².